The normalized spacial score (nSPS) is 18.7. The fourth-order valence-corrected chi connectivity index (χ4v) is 4.53. The summed E-state index contributed by atoms with van der Waals surface area (Å²) < 4.78 is 1.75. The number of carbonyl (C=O) groups excluding carboxylic acids is 1. The average Bonchev–Trinajstić information content (AvgIpc) is 3.05. The lowest BCUT2D eigenvalue weighted by atomic mass is 10.2. The molecular weight excluding hydrogens is 276 g/mol. The molecule has 0 aliphatic carbocycles. The topological polar surface area (TPSA) is 34.9 Å². The first-order chi connectivity index (χ1) is 9.33. The second-order valence-corrected chi connectivity index (χ2v) is 6.59. The predicted molar refractivity (Wildman–Crippen MR) is 77.9 cm³/mol. The summed E-state index contributed by atoms with van der Waals surface area (Å²) in [5.41, 5.74) is 1.81. The number of benzene rings is 1. The molecule has 0 spiro atoms. The minimum absolute atomic E-state index is 0.140. The number of thiophene rings is 1. The summed E-state index contributed by atoms with van der Waals surface area (Å²) in [6, 6.07) is 11.9. The van der Waals surface area contributed by atoms with Gasteiger partial charge in [-0.15, -0.1) is 11.3 Å². The molecule has 1 aliphatic heterocycles. The maximum absolute atomic E-state index is 12.4. The fourth-order valence-electron chi connectivity index (χ4n) is 2.38. The number of para-hydroxylation sites is 2. The molecule has 2 aromatic heterocycles. The molecule has 3 aromatic rings. The highest BCUT2D eigenvalue weighted by Crippen LogP contribution is 2.44. The molecule has 4 rings (SSSR count). The Hall–Kier alpha value is -1.59. The van der Waals surface area contributed by atoms with Crippen LogP contribution in [-0.4, -0.2) is 15.5 Å². The standard InChI is InChI=1S/C14H10N2OS2/c17-13-8-12(11-6-3-7-18-11)19-14-15-9-4-1-2-5-10(9)16(13)14/h1-7,12H,8H2/t12-/m0/s1. The Balaban J connectivity index is 1.85. The van der Waals surface area contributed by atoms with E-state index in [0.29, 0.717) is 6.42 Å². The van der Waals surface area contributed by atoms with Gasteiger partial charge >= 0.3 is 0 Å². The maximum atomic E-state index is 12.4. The lowest BCUT2D eigenvalue weighted by Crippen LogP contribution is -2.19. The largest absolute Gasteiger partial charge is 0.274 e. The van der Waals surface area contributed by atoms with E-state index >= 15 is 0 Å². The molecule has 3 heterocycles. The van der Waals surface area contributed by atoms with Crippen molar-refractivity contribution in [1.82, 2.24) is 9.55 Å². The SMILES string of the molecule is O=C1C[C@@H](c2cccs2)Sc2nc3ccccc3n21. The molecule has 0 unspecified atom stereocenters. The molecule has 0 radical (unpaired) electrons. The van der Waals surface area contributed by atoms with Gasteiger partial charge in [-0.3, -0.25) is 9.36 Å². The van der Waals surface area contributed by atoms with Gasteiger partial charge in [0.05, 0.1) is 16.3 Å². The molecule has 0 fully saturated rings. The molecule has 0 N–H and O–H groups in total. The minimum atomic E-state index is 0.140. The Morgan fingerprint density at radius 2 is 2.11 bits per heavy atom. The third kappa shape index (κ3) is 1.73. The molecule has 0 saturated heterocycles. The average molecular weight is 286 g/mol. The number of fused-ring (bicyclic) bond motifs is 3. The summed E-state index contributed by atoms with van der Waals surface area (Å²) in [6.07, 6.45) is 0.540. The summed E-state index contributed by atoms with van der Waals surface area (Å²) >= 11 is 3.39. The zero-order valence-corrected chi connectivity index (χ0v) is 11.6. The third-order valence-corrected chi connectivity index (χ3v) is 5.57. The van der Waals surface area contributed by atoms with Crippen molar-refractivity contribution in [2.24, 2.45) is 0 Å². The number of nitrogens with zero attached hydrogens (tertiary/aromatic N) is 2. The van der Waals surface area contributed by atoms with E-state index < -0.39 is 0 Å². The summed E-state index contributed by atoms with van der Waals surface area (Å²) in [6.45, 7) is 0. The van der Waals surface area contributed by atoms with Crippen molar-refractivity contribution in [2.75, 3.05) is 0 Å². The van der Waals surface area contributed by atoms with E-state index in [4.69, 9.17) is 0 Å². The van der Waals surface area contributed by atoms with Crippen LogP contribution in [0.5, 0.6) is 0 Å². The van der Waals surface area contributed by atoms with E-state index in [9.17, 15) is 4.79 Å². The number of hydrogen-bond acceptors (Lipinski definition) is 4. The highest BCUT2D eigenvalue weighted by atomic mass is 32.2. The maximum Gasteiger partial charge on any atom is 0.234 e. The van der Waals surface area contributed by atoms with Crippen LogP contribution in [0.3, 0.4) is 0 Å². The molecule has 0 bridgehead atoms. The summed E-state index contributed by atoms with van der Waals surface area (Å²) in [7, 11) is 0. The molecular formula is C14H10N2OS2. The molecule has 1 aliphatic rings. The molecule has 5 heteroatoms. The first kappa shape index (κ1) is 11.3. The second kappa shape index (κ2) is 4.21. The van der Waals surface area contributed by atoms with Gasteiger partial charge in [-0.25, -0.2) is 4.98 Å². The van der Waals surface area contributed by atoms with E-state index in [-0.39, 0.29) is 11.2 Å². The summed E-state index contributed by atoms with van der Waals surface area (Å²) in [5.74, 6) is 0.140. The number of hydrogen-bond donors (Lipinski definition) is 0. The van der Waals surface area contributed by atoms with Crippen molar-refractivity contribution < 1.29 is 4.79 Å². The number of aromatic nitrogens is 2. The van der Waals surface area contributed by atoms with Gasteiger partial charge in [0.15, 0.2) is 5.16 Å². The Kier molecular flexibility index (Phi) is 2.50. The van der Waals surface area contributed by atoms with Crippen molar-refractivity contribution in [3.8, 4) is 0 Å². The van der Waals surface area contributed by atoms with E-state index in [1.54, 1.807) is 27.7 Å². The summed E-state index contributed by atoms with van der Waals surface area (Å²) in [4.78, 5) is 18.2. The van der Waals surface area contributed by atoms with Crippen LogP contribution in [0.25, 0.3) is 11.0 Å². The number of carbonyl (C=O) groups is 1. The third-order valence-electron chi connectivity index (χ3n) is 3.25. The molecule has 1 atom stereocenters. The van der Waals surface area contributed by atoms with Crippen molar-refractivity contribution in [2.45, 2.75) is 16.8 Å². The van der Waals surface area contributed by atoms with Crippen LogP contribution in [0.4, 0.5) is 0 Å². The van der Waals surface area contributed by atoms with Crippen LogP contribution in [0.1, 0.15) is 21.3 Å². The first-order valence-electron chi connectivity index (χ1n) is 6.03. The van der Waals surface area contributed by atoms with Crippen LogP contribution in [0.15, 0.2) is 46.9 Å². The zero-order valence-electron chi connectivity index (χ0n) is 9.95. The van der Waals surface area contributed by atoms with Gasteiger partial charge in [-0.05, 0) is 23.6 Å². The highest BCUT2D eigenvalue weighted by molar-refractivity contribution is 7.99. The van der Waals surface area contributed by atoms with Crippen LogP contribution < -0.4 is 0 Å². The van der Waals surface area contributed by atoms with Gasteiger partial charge in [-0.1, -0.05) is 30.0 Å². The first-order valence-corrected chi connectivity index (χ1v) is 7.79. The van der Waals surface area contributed by atoms with Crippen molar-refractivity contribution in [3.05, 3.63) is 46.7 Å². The van der Waals surface area contributed by atoms with Gasteiger partial charge in [-0.2, -0.15) is 0 Å². The second-order valence-electron chi connectivity index (χ2n) is 4.44. The number of rotatable bonds is 1. The van der Waals surface area contributed by atoms with Crippen molar-refractivity contribution in [3.63, 3.8) is 0 Å². The molecule has 0 saturated carbocycles. The Bertz CT molecular complexity index is 761. The monoisotopic (exact) mass is 286 g/mol. The lowest BCUT2D eigenvalue weighted by molar-refractivity contribution is 0.0892. The zero-order chi connectivity index (χ0) is 12.8. The Morgan fingerprint density at radius 1 is 1.21 bits per heavy atom. The Morgan fingerprint density at radius 3 is 2.95 bits per heavy atom. The number of imidazole rings is 1. The van der Waals surface area contributed by atoms with Gasteiger partial charge in [0.25, 0.3) is 0 Å². The number of thioether (sulfide) groups is 1. The van der Waals surface area contributed by atoms with Gasteiger partial charge in [0.1, 0.15) is 0 Å². The van der Waals surface area contributed by atoms with Crippen molar-refractivity contribution >= 4 is 40.0 Å². The van der Waals surface area contributed by atoms with Crippen LogP contribution in [0, 0.1) is 0 Å². The van der Waals surface area contributed by atoms with E-state index in [0.717, 1.165) is 16.2 Å². The van der Waals surface area contributed by atoms with Crippen LogP contribution in [-0.2, 0) is 0 Å². The molecule has 1 aromatic carbocycles. The Labute approximate surface area is 118 Å². The fraction of sp³-hybridized carbons (Fsp3) is 0.143. The van der Waals surface area contributed by atoms with Crippen LogP contribution in [0.2, 0.25) is 0 Å². The molecule has 0 amide bonds. The van der Waals surface area contributed by atoms with Crippen LogP contribution >= 0.6 is 23.1 Å². The van der Waals surface area contributed by atoms with Gasteiger partial charge in [0.2, 0.25) is 5.91 Å². The molecule has 19 heavy (non-hydrogen) atoms. The quantitative estimate of drug-likeness (QED) is 0.679. The van der Waals surface area contributed by atoms with Crippen molar-refractivity contribution in [1.29, 1.82) is 0 Å². The van der Waals surface area contributed by atoms with E-state index in [2.05, 4.69) is 16.4 Å². The summed E-state index contributed by atoms with van der Waals surface area (Å²) in [5, 5.41) is 3.07. The van der Waals surface area contributed by atoms with E-state index in [1.807, 2.05) is 30.3 Å². The lowest BCUT2D eigenvalue weighted by Gasteiger charge is -2.20. The predicted octanol–water partition coefficient (Wildman–Crippen LogP) is 3.98. The van der Waals surface area contributed by atoms with Gasteiger partial charge in [0, 0.05) is 11.3 Å². The van der Waals surface area contributed by atoms with E-state index in [1.165, 1.54) is 4.88 Å². The minimum Gasteiger partial charge on any atom is -0.274 e. The smallest absolute Gasteiger partial charge is 0.234 e. The van der Waals surface area contributed by atoms with Gasteiger partial charge < -0.3 is 0 Å². The molecule has 3 nitrogen and oxygen atoms in total. The molecule has 94 valence electrons. The highest BCUT2D eigenvalue weighted by Gasteiger charge is 2.30.